The molecule has 2 aromatic heterocycles. The molecule has 1 aliphatic heterocycles. The van der Waals surface area contributed by atoms with Gasteiger partial charge in [-0.2, -0.15) is 0 Å². The number of likely N-dealkylation sites (N-methyl/N-ethyl adjacent to an activating group) is 1. The zero-order valence-corrected chi connectivity index (χ0v) is 17.6. The molecule has 0 aromatic carbocycles. The molecule has 0 unspecified atom stereocenters. The minimum atomic E-state index is -0.0980. The molecule has 29 heavy (non-hydrogen) atoms. The van der Waals surface area contributed by atoms with E-state index in [1.54, 1.807) is 44.2 Å². The van der Waals surface area contributed by atoms with Gasteiger partial charge in [0.2, 0.25) is 0 Å². The number of furan rings is 2. The summed E-state index contributed by atoms with van der Waals surface area (Å²) in [5.74, 6) is 1.08. The van der Waals surface area contributed by atoms with Crippen molar-refractivity contribution in [2.24, 2.45) is 0 Å². The first-order valence-corrected chi connectivity index (χ1v) is 10.3. The molecular weight excluding hydrogens is 370 g/mol. The van der Waals surface area contributed by atoms with Crippen LogP contribution < -0.4 is 0 Å². The van der Waals surface area contributed by atoms with Crippen LogP contribution in [-0.2, 0) is 0 Å². The van der Waals surface area contributed by atoms with Crippen molar-refractivity contribution in [1.29, 1.82) is 0 Å². The number of hydrogen-bond donors (Lipinski definition) is 0. The van der Waals surface area contributed by atoms with Crippen molar-refractivity contribution in [2.75, 3.05) is 46.3 Å². The highest BCUT2D eigenvalue weighted by Crippen LogP contribution is 2.15. The molecule has 2 aromatic rings. The first-order chi connectivity index (χ1) is 14.0. The van der Waals surface area contributed by atoms with Crippen LogP contribution in [0.4, 0.5) is 0 Å². The lowest BCUT2D eigenvalue weighted by Gasteiger charge is -2.31. The van der Waals surface area contributed by atoms with E-state index in [9.17, 15) is 9.59 Å². The molecule has 0 radical (unpaired) electrons. The molecule has 0 bridgehead atoms. The van der Waals surface area contributed by atoms with E-state index in [-0.39, 0.29) is 11.8 Å². The molecule has 0 spiro atoms. The third-order valence-corrected chi connectivity index (χ3v) is 5.65. The maximum atomic E-state index is 13.1. The van der Waals surface area contributed by atoms with Crippen LogP contribution in [0.5, 0.6) is 0 Å². The Morgan fingerprint density at radius 1 is 0.897 bits per heavy atom. The largest absolute Gasteiger partial charge is 0.469 e. The number of hydrogen-bond acceptors (Lipinski definition) is 5. The van der Waals surface area contributed by atoms with Gasteiger partial charge >= 0.3 is 0 Å². The van der Waals surface area contributed by atoms with Crippen molar-refractivity contribution in [1.82, 2.24) is 14.7 Å². The second-order valence-corrected chi connectivity index (χ2v) is 7.70. The van der Waals surface area contributed by atoms with Gasteiger partial charge < -0.3 is 23.5 Å². The Morgan fingerprint density at radius 3 is 2.03 bits per heavy atom. The fourth-order valence-electron chi connectivity index (χ4n) is 3.72. The van der Waals surface area contributed by atoms with Crippen LogP contribution in [0.1, 0.15) is 51.5 Å². The van der Waals surface area contributed by atoms with Crippen LogP contribution in [-0.4, -0.2) is 72.8 Å². The molecule has 1 aliphatic rings. The first-order valence-electron chi connectivity index (χ1n) is 10.3. The third-order valence-electron chi connectivity index (χ3n) is 5.65. The predicted octanol–water partition coefficient (Wildman–Crippen LogP) is 3.19. The highest BCUT2D eigenvalue weighted by Gasteiger charge is 2.23. The summed E-state index contributed by atoms with van der Waals surface area (Å²) >= 11 is 0. The Kier molecular flexibility index (Phi) is 7.14. The lowest BCUT2D eigenvalue weighted by Crippen LogP contribution is -2.44. The van der Waals surface area contributed by atoms with Gasteiger partial charge in [0.1, 0.15) is 11.5 Å². The van der Waals surface area contributed by atoms with E-state index < -0.39 is 0 Å². The molecule has 3 heterocycles. The summed E-state index contributed by atoms with van der Waals surface area (Å²) in [6.07, 6.45) is 6.79. The van der Waals surface area contributed by atoms with Crippen molar-refractivity contribution in [3.63, 3.8) is 0 Å². The Labute approximate surface area is 172 Å². The Hall–Kier alpha value is -2.54. The number of rotatable bonds is 8. The lowest BCUT2D eigenvalue weighted by atomic mass is 10.1. The minimum Gasteiger partial charge on any atom is -0.469 e. The third kappa shape index (κ3) is 5.29. The zero-order chi connectivity index (χ0) is 20.8. The molecule has 7 heteroatoms. The van der Waals surface area contributed by atoms with Crippen molar-refractivity contribution in [3.05, 3.63) is 47.3 Å². The fraction of sp³-hybridized carbons (Fsp3) is 0.545. The lowest BCUT2D eigenvalue weighted by molar-refractivity contribution is 0.0666. The van der Waals surface area contributed by atoms with E-state index in [1.807, 2.05) is 4.90 Å². The number of carbonyl (C=O) groups is 2. The van der Waals surface area contributed by atoms with Crippen molar-refractivity contribution >= 4 is 11.8 Å². The predicted molar refractivity (Wildman–Crippen MR) is 110 cm³/mol. The molecule has 3 rings (SSSR count). The topological polar surface area (TPSA) is 70.1 Å². The summed E-state index contributed by atoms with van der Waals surface area (Å²) in [6.45, 7) is 8.15. The molecular formula is C22H31N3O4. The van der Waals surface area contributed by atoms with Crippen molar-refractivity contribution in [3.8, 4) is 0 Å². The van der Waals surface area contributed by atoms with Gasteiger partial charge in [-0.15, -0.1) is 0 Å². The Bertz CT molecular complexity index is 820. The van der Waals surface area contributed by atoms with Gasteiger partial charge in [-0.3, -0.25) is 9.59 Å². The number of likely N-dealkylation sites (tertiary alicyclic amines) is 1. The van der Waals surface area contributed by atoms with Crippen LogP contribution in [0.2, 0.25) is 0 Å². The highest BCUT2D eigenvalue weighted by atomic mass is 16.3. The number of carbonyl (C=O) groups excluding carboxylic acids is 2. The van der Waals surface area contributed by atoms with E-state index in [0.717, 1.165) is 19.6 Å². The zero-order valence-electron chi connectivity index (χ0n) is 17.6. The summed E-state index contributed by atoms with van der Waals surface area (Å²) in [4.78, 5) is 31.6. The molecule has 0 aliphatic carbocycles. The van der Waals surface area contributed by atoms with E-state index in [2.05, 4.69) is 4.90 Å². The van der Waals surface area contributed by atoms with E-state index in [1.165, 1.54) is 25.5 Å². The van der Waals surface area contributed by atoms with Gasteiger partial charge in [0.25, 0.3) is 11.8 Å². The second kappa shape index (κ2) is 9.78. The van der Waals surface area contributed by atoms with E-state index in [4.69, 9.17) is 8.83 Å². The Morgan fingerprint density at radius 2 is 1.48 bits per heavy atom. The molecule has 0 N–H and O–H groups in total. The maximum Gasteiger partial charge on any atom is 0.257 e. The number of aryl methyl sites for hydroxylation is 2. The van der Waals surface area contributed by atoms with Crippen LogP contribution >= 0.6 is 0 Å². The van der Waals surface area contributed by atoms with Gasteiger partial charge in [-0.1, -0.05) is 6.42 Å². The maximum absolute atomic E-state index is 13.1. The molecule has 2 amide bonds. The SMILES string of the molecule is Cc1occc1C(=O)N(C)CCN(CCN1CCCCC1)C(=O)c1ccoc1C. The number of nitrogens with zero attached hydrogens (tertiary/aromatic N) is 3. The molecule has 1 saturated heterocycles. The van der Waals surface area contributed by atoms with Gasteiger partial charge in [0, 0.05) is 33.2 Å². The van der Waals surface area contributed by atoms with Crippen LogP contribution in [0.15, 0.2) is 33.5 Å². The summed E-state index contributed by atoms with van der Waals surface area (Å²) in [7, 11) is 1.76. The van der Waals surface area contributed by atoms with Crippen LogP contribution in [0, 0.1) is 13.8 Å². The van der Waals surface area contributed by atoms with Crippen molar-refractivity contribution < 1.29 is 18.4 Å². The highest BCUT2D eigenvalue weighted by molar-refractivity contribution is 5.96. The van der Waals surface area contributed by atoms with Crippen molar-refractivity contribution in [2.45, 2.75) is 33.1 Å². The molecule has 7 nitrogen and oxygen atoms in total. The smallest absolute Gasteiger partial charge is 0.257 e. The van der Waals surface area contributed by atoms with E-state index in [0.29, 0.717) is 42.3 Å². The fourth-order valence-corrected chi connectivity index (χ4v) is 3.72. The summed E-state index contributed by atoms with van der Waals surface area (Å²) < 4.78 is 10.6. The van der Waals surface area contributed by atoms with Gasteiger partial charge in [-0.25, -0.2) is 0 Å². The van der Waals surface area contributed by atoms with Gasteiger partial charge in [0.05, 0.1) is 23.7 Å². The average Bonchev–Trinajstić information content (AvgIpc) is 3.35. The summed E-state index contributed by atoms with van der Waals surface area (Å²) in [5, 5.41) is 0. The summed E-state index contributed by atoms with van der Waals surface area (Å²) in [6, 6.07) is 3.40. The number of amides is 2. The van der Waals surface area contributed by atoms with Gasteiger partial charge in [-0.05, 0) is 51.9 Å². The standard InChI is InChI=1S/C22H31N3O4/c1-17-19(7-15-28-17)21(26)23(3)11-13-25(14-12-24-9-5-4-6-10-24)22(27)20-8-16-29-18(20)2/h7-8,15-16H,4-6,9-14H2,1-3H3. The molecule has 1 fully saturated rings. The number of piperidine rings is 1. The minimum absolute atomic E-state index is 0.0476. The molecule has 0 atom stereocenters. The normalized spacial score (nSPS) is 14.7. The second-order valence-electron chi connectivity index (χ2n) is 7.70. The van der Waals surface area contributed by atoms with Gasteiger partial charge in [0.15, 0.2) is 0 Å². The first kappa shape index (κ1) is 21.2. The average molecular weight is 402 g/mol. The Balaban J connectivity index is 1.63. The monoisotopic (exact) mass is 401 g/mol. The summed E-state index contributed by atoms with van der Waals surface area (Å²) in [5.41, 5.74) is 1.15. The quantitative estimate of drug-likeness (QED) is 0.679. The molecule has 0 saturated carbocycles. The van der Waals surface area contributed by atoms with E-state index >= 15 is 0 Å². The van der Waals surface area contributed by atoms with Crippen LogP contribution in [0.3, 0.4) is 0 Å². The molecule has 158 valence electrons. The van der Waals surface area contributed by atoms with Crippen LogP contribution in [0.25, 0.3) is 0 Å².